The van der Waals surface area contributed by atoms with Crippen LogP contribution in [0, 0.1) is 12.0 Å². The van der Waals surface area contributed by atoms with Crippen LogP contribution in [-0.4, -0.2) is 36.6 Å². The molecule has 0 saturated carbocycles. The van der Waals surface area contributed by atoms with E-state index in [0.29, 0.717) is 10.3 Å². The topological polar surface area (TPSA) is 32.6 Å². The summed E-state index contributed by atoms with van der Waals surface area (Å²) < 4.78 is 0.475. The van der Waals surface area contributed by atoms with Gasteiger partial charge in [0, 0.05) is 0 Å². The predicted octanol–water partition coefficient (Wildman–Crippen LogP) is 1.76. The minimum atomic E-state index is 0.475. The van der Waals surface area contributed by atoms with E-state index in [4.69, 9.17) is 5.11 Å². The fraction of sp³-hybridized carbons (Fsp3) is 0.250. The molecule has 0 radical (unpaired) electrons. The Kier molecular flexibility index (Phi) is 3.48. The first-order valence-corrected chi connectivity index (χ1v) is 4.65. The van der Waals surface area contributed by atoms with E-state index in [9.17, 15) is 0 Å². The molecule has 3 nitrogen and oxygen atoms in total. The predicted molar refractivity (Wildman–Crippen MR) is 61.3 cm³/mol. The van der Waals surface area contributed by atoms with Crippen molar-refractivity contribution in [3.63, 3.8) is 0 Å². The first-order valence-electron chi connectivity index (χ1n) is 4.65. The summed E-state index contributed by atoms with van der Waals surface area (Å²) in [5.74, 6) is 3.21. The van der Waals surface area contributed by atoms with Crippen LogP contribution in [0.4, 0.5) is 5.69 Å². The van der Waals surface area contributed by atoms with E-state index in [1.54, 1.807) is 0 Å². The molecule has 0 aliphatic heterocycles. The lowest BCUT2D eigenvalue weighted by Gasteiger charge is -2.20. The zero-order chi connectivity index (χ0) is 11.3. The van der Waals surface area contributed by atoms with Crippen molar-refractivity contribution >= 4 is 11.5 Å². The Labute approximate surface area is 90.3 Å². The van der Waals surface area contributed by atoms with Gasteiger partial charge in [0.05, 0.1) is 32.8 Å². The van der Waals surface area contributed by atoms with Crippen LogP contribution in [0.15, 0.2) is 35.3 Å². The number of aliphatic imine (C=N–C) groups is 1. The molecule has 0 unspecified atom stereocenters. The van der Waals surface area contributed by atoms with Crippen LogP contribution >= 0.6 is 0 Å². The number of aliphatic hydroxyl groups is 1. The maximum absolute atomic E-state index is 8.63. The highest BCUT2D eigenvalue weighted by Crippen LogP contribution is 2.11. The quantitative estimate of drug-likeness (QED) is 0.321. The fourth-order valence-electron chi connectivity index (χ4n) is 1.02. The Balaban J connectivity index is 3.09. The Morgan fingerprint density at radius 3 is 2.27 bits per heavy atom. The van der Waals surface area contributed by atoms with Crippen molar-refractivity contribution in [2.45, 2.75) is 0 Å². The lowest BCUT2D eigenvalue weighted by molar-refractivity contribution is -0.775. The molecule has 0 saturated heterocycles. The van der Waals surface area contributed by atoms with Crippen LogP contribution in [0.2, 0.25) is 0 Å². The molecule has 1 aromatic carbocycles. The first kappa shape index (κ1) is 11.3. The van der Waals surface area contributed by atoms with Gasteiger partial charge in [-0.05, 0) is 12.1 Å². The molecule has 1 N–H and O–H groups in total. The van der Waals surface area contributed by atoms with Gasteiger partial charge >= 0.3 is 0 Å². The molecule has 0 bridgehead atoms. The average molecular weight is 203 g/mol. The van der Waals surface area contributed by atoms with Crippen LogP contribution in [0.3, 0.4) is 0 Å². The SMILES string of the molecule is C[N+](C)(C)C(C#CO)=Nc1ccccc1. The Morgan fingerprint density at radius 2 is 1.80 bits per heavy atom. The molecular formula is C12H15N2O+. The van der Waals surface area contributed by atoms with Crippen LogP contribution in [0.25, 0.3) is 0 Å². The second kappa shape index (κ2) is 4.63. The number of aliphatic hydroxyl groups excluding tert-OH is 1. The first-order chi connectivity index (χ1) is 7.04. The number of hydrogen-bond acceptors (Lipinski definition) is 2. The number of hydrogen-bond donors (Lipinski definition) is 1. The van der Waals surface area contributed by atoms with Crippen molar-refractivity contribution in [2.24, 2.45) is 4.99 Å². The summed E-state index contributed by atoms with van der Waals surface area (Å²) in [4.78, 5) is 4.37. The summed E-state index contributed by atoms with van der Waals surface area (Å²) in [6, 6.07) is 9.56. The van der Waals surface area contributed by atoms with Crippen molar-refractivity contribution in [3.8, 4) is 12.0 Å². The third-order valence-corrected chi connectivity index (χ3v) is 1.79. The molecule has 15 heavy (non-hydrogen) atoms. The Hall–Kier alpha value is -1.79. The minimum Gasteiger partial charge on any atom is -0.462 e. The molecule has 1 aromatic rings. The molecule has 3 heteroatoms. The Morgan fingerprint density at radius 1 is 1.20 bits per heavy atom. The summed E-state index contributed by atoms with van der Waals surface area (Å²) in [6.07, 6.45) is 1.90. The van der Waals surface area contributed by atoms with Gasteiger partial charge in [-0.15, -0.1) is 0 Å². The van der Waals surface area contributed by atoms with Gasteiger partial charge in [0.2, 0.25) is 0 Å². The molecule has 0 fully saturated rings. The van der Waals surface area contributed by atoms with Gasteiger partial charge in [-0.2, -0.15) is 4.99 Å². The van der Waals surface area contributed by atoms with Gasteiger partial charge < -0.3 is 5.11 Å². The number of amidine groups is 1. The van der Waals surface area contributed by atoms with E-state index in [0.717, 1.165) is 5.69 Å². The number of benzene rings is 1. The highest BCUT2D eigenvalue weighted by Gasteiger charge is 2.16. The lowest BCUT2D eigenvalue weighted by Crippen LogP contribution is -2.40. The summed E-state index contributed by atoms with van der Waals surface area (Å²) in [6.45, 7) is 0. The molecule has 0 atom stereocenters. The van der Waals surface area contributed by atoms with Crippen LogP contribution in [-0.2, 0) is 0 Å². The van der Waals surface area contributed by atoms with Gasteiger partial charge in [-0.3, -0.25) is 4.48 Å². The number of para-hydroxylation sites is 1. The van der Waals surface area contributed by atoms with E-state index in [2.05, 4.69) is 10.9 Å². The minimum absolute atomic E-state index is 0.475. The lowest BCUT2D eigenvalue weighted by atomic mass is 10.3. The molecular weight excluding hydrogens is 188 g/mol. The van der Waals surface area contributed by atoms with E-state index in [-0.39, 0.29) is 0 Å². The van der Waals surface area contributed by atoms with Gasteiger partial charge in [-0.1, -0.05) is 18.2 Å². The van der Waals surface area contributed by atoms with Crippen LogP contribution in [0.5, 0.6) is 0 Å². The standard InChI is InChI=1S/C12H14N2O/c1-14(2,3)12(9-10-15)13-11-7-5-4-6-8-11/h4-8H,1-3H3/p+1. The molecule has 0 heterocycles. The van der Waals surface area contributed by atoms with Crippen molar-refractivity contribution < 1.29 is 9.59 Å². The van der Waals surface area contributed by atoms with Crippen LogP contribution < -0.4 is 0 Å². The van der Waals surface area contributed by atoms with E-state index in [1.165, 1.54) is 0 Å². The molecule has 0 amide bonds. The molecule has 0 aromatic heterocycles. The van der Waals surface area contributed by atoms with Crippen molar-refractivity contribution in [3.05, 3.63) is 30.3 Å². The Bertz CT molecular complexity index is 405. The third kappa shape index (κ3) is 3.45. The normalized spacial score (nSPS) is 11.8. The van der Waals surface area contributed by atoms with Gasteiger partial charge in [0.1, 0.15) is 6.11 Å². The summed E-state index contributed by atoms with van der Waals surface area (Å²) >= 11 is 0. The molecule has 1 rings (SSSR count). The fourth-order valence-corrected chi connectivity index (χ4v) is 1.02. The smallest absolute Gasteiger partial charge is 0.283 e. The van der Waals surface area contributed by atoms with Crippen molar-refractivity contribution in [1.82, 2.24) is 0 Å². The van der Waals surface area contributed by atoms with Crippen molar-refractivity contribution in [1.29, 1.82) is 0 Å². The highest BCUT2D eigenvalue weighted by molar-refractivity contribution is 5.94. The summed E-state index contributed by atoms with van der Waals surface area (Å²) in [5, 5.41) is 8.63. The zero-order valence-electron chi connectivity index (χ0n) is 9.23. The molecule has 78 valence electrons. The molecule has 0 aliphatic carbocycles. The molecule has 0 spiro atoms. The number of rotatable bonds is 1. The number of nitrogens with zero attached hydrogens (tertiary/aromatic N) is 2. The van der Waals surface area contributed by atoms with Gasteiger partial charge in [-0.25, -0.2) is 0 Å². The second-order valence-corrected chi connectivity index (χ2v) is 4.02. The van der Waals surface area contributed by atoms with Gasteiger partial charge in [0.25, 0.3) is 5.84 Å². The third-order valence-electron chi connectivity index (χ3n) is 1.79. The highest BCUT2D eigenvalue weighted by atomic mass is 16.2. The second-order valence-electron chi connectivity index (χ2n) is 4.02. The summed E-state index contributed by atoms with van der Waals surface area (Å²) in [5.41, 5.74) is 0.836. The van der Waals surface area contributed by atoms with E-state index in [1.807, 2.05) is 57.6 Å². The molecule has 0 aliphatic rings. The monoisotopic (exact) mass is 203 g/mol. The maximum atomic E-state index is 8.63. The average Bonchev–Trinajstić information content (AvgIpc) is 2.17. The zero-order valence-corrected chi connectivity index (χ0v) is 9.23. The maximum Gasteiger partial charge on any atom is 0.283 e. The largest absolute Gasteiger partial charge is 0.462 e. The summed E-state index contributed by atoms with van der Waals surface area (Å²) in [7, 11) is 5.85. The van der Waals surface area contributed by atoms with Crippen LogP contribution in [0.1, 0.15) is 0 Å². The number of quaternary nitrogens is 1. The van der Waals surface area contributed by atoms with E-state index >= 15 is 0 Å². The van der Waals surface area contributed by atoms with Gasteiger partial charge in [0.15, 0.2) is 0 Å². The van der Waals surface area contributed by atoms with E-state index < -0.39 is 0 Å². The van der Waals surface area contributed by atoms with Crippen molar-refractivity contribution in [2.75, 3.05) is 21.1 Å².